The van der Waals surface area contributed by atoms with Crippen LogP contribution in [0.3, 0.4) is 0 Å². The molecule has 0 saturated carbocycles. The van der Waals surface area contributed by atoms with Crippen LogP contribution in [-0.2, 0) is 12.7 Å². The monoisotopic (exact) mass is 658 g/mol. The molecule has 0 fully saturated rings. The number of hydrogen-bond donors (Lipinski definition) is 1. The van der Waals surface area contributed by atoms with E-state index in [4.69, 9.17) is 32.9 Å². The zero-order chi connectivity index (χ0) is 32.3. The molecule has 1 N–H and O–H groups in total. The van der Waals surface area contributed by atoms with Crippen molar-refractivity contribution in [3.63, 3.8) is 0 Å². The van der Waals surface area contributed by atoms with E-state index in [1.54, 1.807) is 30.3 Å². The molecular formula is C36H27Cl2F3N4O. The fourth-order valence-corrected chi connectivity index (χ4v) is 5.51. The molecule has 0 aliphatic heterocycles. The third-order valence-corrected chi connectivity index (χ3v) is 7.89. The SMILES string of the molecule is CCOc1cc(-c2ccc(Cn3cc(-c4ccc(Cl)cc4Cl)nc3/C=C/c3ccc(-c4cccc(C(F)(F)F)c4)cc3)cc2)[nH]n1. The molecule has 0 aliphatic rings. The van der Waals surface area contributed by atoms with E-state index in [9.17, 15) is 13.2 Å². The summed E-state index contributed by atoms with van der Waals surface area (Å²) in [7, 11) is 0. The van der Waals surface area contributed by atoms with Crippen LogP contribution in [0.2, 0.25) is 10.0 Å². The average Bonchev–Trinajstić information content (AvgIpc) is 3.68. The Hall–Kier alpha value is -4.79. The normalized spacial score (nSPS) is 11.8. The third kappa shape index (κ3) is 7.19. The molecule has 232 valence electrons. The van der Waals surface area contributed by atoms with Crippen molar-refractivity contribution in [1.82, 2.24) is 19.7 Å². The Balaban J connectivity index is 1.27. The minimum Gasteiger partial charge on any atom is -0.477 e. The topological polar surface area (TPSA) is 55.7 Å². The summed E-state index contributed by atoms with van der Waals surface area (Å²) in [6, 6.07) is 27.9. The maximum Gasteiger partial charge on any atom is 0.416 e. The van der Waals surface area contributed by atoms with E-state index in [1.807, 2.05) is 78.4 Å². The maximum absolute atomic E-state index is 13.2. The van der Waals surface area contributed by atoms with Gasteiger partial charge in [0.2, 0.25) is 5.88 Å². The van der Waals surface area contributed by atoms with E-state index in [0.29, 0.717) is 51.7 Å². The average molecular weight is 660 g/mol. The number of aromatic nitrogens is 4. The van der Waals surface area contributed by atoms with Crippen molar-refractivity contribution in [2.75, 3.05) is 6.61 Å². The van der Waals surface area contributed by atoms with E-state index < -0.39 is 11.7 Å². The van der Waals surface area contributed by atoms with Gasteiger partial charge in [0.05, 0.1) is 28.6 Å². The highest BCUT2D eigenvalue weighted by molar-refractivity contribution is 6.36. The van der Waals surface area contributed by atoms with Gasteiger partial charge < -0.3 is 9.30 Å². The van der Waals surface area contributed by atoms with E-state index in [-0.39, 0.29) is 0 Å². The molecule has 0 amide bonds. The van der Waals surface area contributed by atoms with Gasteiger partial charge in [0.15, 0.2) is 0 Å². The summed E-state index contributed by atoms with van der Waals surface area (Å²) < 4.78 is 47.1. The highest BCUT2D eigenvalue weighted by Gasteiger charge is 2.30. The van der Waals surface area contributed by atoms with Crippen molar-refractivity contribution in [3.05, 3.63) is 136 Å². The summed E-state index contributed by atoms with van der Waals surface area (Å²) in [6.45, 7) is 2.99. The molecule has 0 spiro atoms. The lowest BCUT2D eigenvalue weighted by atomic mass is 10.0. The van der Waals surface area contributed by atoms with Crippen LogP contribution >= 0.6 is 23.2 Å². The Labute approximate surface area is 273 Å². The highest BCUT2D eigenvalue weighted by Crippen LogP contribution is 2.33. The summed E-state index contributed by atoms with van der Waals surface area (Å²) >= 11 is 12.7. The van der Waals surface area contributed by atoms with E-state index in [2.05, 4.69) is 10.2 Å². The standard InChI is InChI=1S/C36H27Cl2F3N4O/c1-2-46-35-20-32(43-44-35)26-13-8-24(9-14-26)21-45-22-33(30-16-15-29(37)19-31(30)38)42-34(45)17-10-23-6-11-25(12-7-23)27-4-3-5-28(18-27)36(39,40)41/h3-20,22H,2,21H2,1H3,(H,43,44)/b17-10+. The van der Waals surface area contributed by atoms with Crippen molar-refractivity contribution < 1.29 is 17.9 Å². The number of imidazole rings is 1. The first-order valence-electron chi connectivity index (χ1n) is 14.4. The number of nitrogens with zero attached hydrogens (tertiary/aromatic N) is 3. The van der Waals surface area contributed by atoms with Gasteiger partial charge in [0.25, 0.3) is 0 Å². The number of aromatic amines is 1. The minimum atomic E-state index is -4.40. The van der Waals surface area contributed by atoms with Crippen LogP contribution in [0, 0.1) is 0 Å². The highest BCUT2D eigenvalue weighted by atomic mass is 35.5. The number of rotatable bonds is 9. The number of nitrogens with one attached hydrogen (secondary N) is 1. The van der Waals surface area contributed by atoms with Crippen molar-refractivity contribution >= 4 is 35.4 Å². The molecule has 0 bridgehead atoms. The van der Waals surface area contributed by atoms with Gasteiger partial charge in [-0.05, 0) is 71.1 Å². The molecule has 6 aromatic rings. The van der Waals surface area contributed by atoms with Crippen molar-refractivity contribution in [3.8, 4) is 39.5 Å². The Bertz CT molecular complexity index is 2000. The van der Waals surface area contributed by atoms with E-state index in [0.717, 1.165) is 40.1 Å². The predicted molar refractivity (Wildman–Crippen MR) is 178 cm³/mol. The van der Waals surface area contributed by atoms with Gasteiger partial charge in [-0.1, -0.05) is 89.9 Å². The van der Waals surface area contributed by atoms with Crippen LogP contribution in [0.15, 0.2) is 103 Å². The molecular weight excluding hydrogens is 632 g/mol. The van der Waals surface area contributed by atoms with Crippen LogP contribution in [-0.4, -0.2) is 26.4 Å². The van der Waals surface area contributed by atoms with Crippen molar-refractivity contribution in [1.29, 1.82) is 0 Å². The molecule has 0 unspecified atom stereocenters. The summed E-state index contributed by atoms with van der Waals surface area (Å²) in [4.78, 5) is 4.88. The molecule has 2 heterocycles. The Morgan fingerprint density at radius 2 is 1.61 bits per heavy atom. The zero-order valence-corrected chi connectivity index (χ0v) is 26.0. The van der Waals surface area contributed by atoms with Crippen LogP contribution < -0.4 is 4.74 Å². The van der Waals surface area contributed by atoms with Gasteiger partial charge in [-0.2, -0.15) is 13.2 Å². The molecule has 2 aromatic heterocycles. The third-order valence-electron chi connectivity index (χ3n) is 7.34. The van der Waals surface area contributed by atoms with Crippen molar-refractivity contribution in [2.45, 2.75) is 19.6 Å². The lowest BCUT2D eigenvalue weighted by molar-refractivity contribution is -0.137. The van der Waals surface area contributed by atoms with Gasteiger partial charge in [-0.25, -0.2) is 4.98 Å². The molecule has 0 saturated heterocycles. The van der Waals surface area contributed by atoms with Crippen LogP contribution in [0.5, 0.6) is 5.88 Å². The van der Waals surface area contributed by atoms with Gasteiger partial charge in [-0.3, -0.25) is 5.10 Å². The fraction of sp³-hybridized carbons (Fsp3) is 0.111. The van der Waals surface area contributed by atoms with E-state index >= 15 is 0 Å². The number of alkyl halides is 3. The largest absolute Gasteiger partial charge is 0.477 e. The molecule has 6 rings (SSSR count). The van der Waals surface area contributed by atoms with Crippen LogP contribution in [0.1, 0.15) is 29.4 Å². The van der Waals surface area contributed by atoms with Gasteiger partial charge >= 0.3 is 6.18 Å². The fourth-order valence-electron chi connectivity index (χ4n) is 5.01. The smallest absolute Gasteiger partial charge is 0.416 e. The molecule has 0 atom stereocenters. The Kier molecular flexibility index (Phi) is 9.01. The minimum absolute atomic E-state index is 0.494. The van der Waals surface area contributed by atoms with Crippen LogP contribution in [0.4, 0.5) is 13.2 Å². The van der Waals surface area contributed by atoms with Gasteiger partial charge in [0.1, 0.15) is 5.82 Å². The lowest BCUT2D eigenvalue weighted by Gasteiger charge is -2.09. The Morgan fingerprint density at radius 1 is 0.848 bits per heavy atom. The number of H-pyrrole nitrogens is 1. The summed E-state index contributed by atoms with van der Waals surface area (Å²) in [5, 5.41) is 8.21. The number of ether oxygens (including phenoxy) is 1. The summed E-state index contributed by atoms with van der Waals surface area (Å²) in [5.41, 5.74) is 5.73. The zero-order valence-electron chi connectivity index (χ0n) is 24.5. The van der Waals surface area contributed by atoms with Crippen LogP contribution in [0.25, 0.3) is 45.8 Å². The van der Waals surface area contributed by atoms with Gasteiger partial charge in [-0.15, -0.1) is 5.10 Å². The molecule has 0 aliphatic carbocycles. The maximum atomic E-state index is 13.2. The predicted octanol–water partition coefficient (Wildman–Crippen LogP) is 10.6. The Morgan fingerprint density at radius 3 is 2.33 bits per heavy atom. The number of halogens is 5. The lowest BCUT2D eigenvalue weighted by Crippen LogP contribution is -2.04. The second-order valence-electron chi connectivity index (χ2n) is 10.5. The molecule has 0 radical (unpaired) electrons. The molecule has 10 heteroatoms. The summed E-state index contributed by atoms with van der Waals surface area (Å²) in [5.74, 6) is 1.25. The molecule has 46 heavy (non-hydrogen) atoms. The number of benzene rings is 4. The quantitative estimate of drug-likeness (QED) is 0.168. The first-order valence-corrected chi connectivity index (χ1v) is 15.2. The summed E-state index contributed by atoms with van der Waals surface area (Å²) in [6.07, 6.45) is 1.37. The number of hydrogen-bond acceptors (Lipinski definition) is 3. The first kappa shape index (κ1) is 31.2. The molecule has 4 aromatic carbocycles. The van der Waals surface area contributed by atoms with Crippen molar-refractivity contribution in [2.24, 2.45) is 0 Å². The van der Waals surface area contributed by atoms with E-state index in [1.165, 1.54) is 6.07 Å². The van der Waals surface area contributed by atoms with Gasteiger partial charge in [0, 0.05) is 29.4 Å². The second-order valence-corrected chi connectivity index (χ2v) is 11.4. The second kappa shape index (κ2) is 13.3. The first-order chi connectivity index (χ1) is 22.2. The molecule has 5 nitrogen and oxygen atoms in total.